The van der Waals surface area contributed by atoms with Crippen LogP contribution in [0.3, 0.4) is 0 Å². The van der Waals surface area contributed by atoms with E-state index in [1.165, 1.54) is 0 Å². The average Bonchev–Trinajstić information content (AvgIpc) is 3.92. The van der Waals surface area contributed by atoms with E-state index in [1.807, 2.05) is 38.6 Å². The van der Waals surface area contributed by atoms with Crippen molar-refractivity contribution < 1.29 is 31.9 Å². The Morgan fingerprint density at radius 1 is 0.698 bits per heavy atom. The zero-order valence-electron chi connectivity index (χ0n) is 27.4. The molecular formula is C34H25Cl2F3N10O4. The number of carboxylic acids is 1. The first kappa shape index (κ1) is 36.3. The molecule has 0 aliphatic carbocycles. The summed E-state index contributed by atoms with van der Waals surface area (Å²) < 4.78 is 46.7. The summed E-state index contributed by atoms with van der Waals surface area (Å²) in [7, 11) is 3.72. The summed E-state index contributed by atoms with van der Waals surface area (Å²) in [4.78, 5) is 26.3. The SMILES string of the molecule is Cn1cc(-c2cnc(N)c(-c3nc4ccc(Cl)cc4o3)c2)cn1.Cn1cc(-c2cnc(N)c(-c3nc4ccc(Cl)cc4o3)c2)cn1.O=C(O)C(F)(F)F. The van der Waals surface area contributed by atoms with Crippen molar-refractivity contribution in [2.45, 2.75) is 6.18 Å². The fourth-order valence-corrected chi connectivity index (χ4v) is 5.10. The van der Waals surface area contributed by atoms with Crippen molar-refractivity contribution in [3.8, 4) is 45.2 Å². The van der Waals surface area contributed by atoms with Crippen molar-refractivity contribution in [2.75, 3.05) is 11.5 Å². The van der Waals surface area contributed by atoms with Crippen LogP contribution in [0.25, 0.3) is 67.4 Å². The van der Waals surface area contributed by atoms with Gasteiger partial charge in [0.15, 0.2) is 11.2 Å². The summed E-state index contributed by atoms with van der Waals surface area (Å²) in [5.74, 6) is -1.21. The fraction of sp³-hybridized carbons (Fsp3) is 0.0882. The van der Waals surface area contributed by atoms with Gasteiger partial charge in [0.05, 0.1) is 23.5 Å². The highest BCUT2D eigenvalue weighted by molar-refractivity contribution is 6.31. The zero-order chi connectivity index (χ0) is 38.0. The van der Waals surface area contributed by atoms with Crippen LogP contribution < -0.4 is 11.5 Å². The molecule has 6 aromatic heterocycles. The summed E-state index contributed by atoms with van der Waals surface area (Å²) in [5.41, 5.74) is 19.6. The lowest BCUT2D eigenvalue weighted by molar-refractivity contribution is -0.192. The van der Waals surface area contributed by atoms with E-state index in [9.17, 15) is 13.2 Å². The number of carbonyl (C=O) groups is 1. The van der Waals surface area contributed by atoms with Crippen LogP contribution in [-0.2, 0) is 18.9 Å². The Hall–Kier alpha value is -6.46. The molecule has 0 aliphatic heterocycles. The molecule has 0 atom stereocenters. The van der Waals surface area contributed by atoms with E-state index in [0.717, 1.165) is 33.3 Å². The van der Waals surface area contributed by atoms with Crippen LogP contribution in [0.4, 0.5) is 24.8 Å². The van der Waals surface area contributed by atoms with Crippen molar-refractivity contribution in [3.05, 3.63) is 95.8 Å². The Bertz CT molecular complexity index is 2430. The number of hydrogen-bond acceptors (Lipinski definition) is 11. The minimum atomic E-state index is -5.08. The highest BCUT2D eigenvalue weighted by Gasteiger charge is 2.38. The summed E-state index contributed by atoms with van der Waals surface area (Å²) in [5, 5.41) is 16.6. The minimum Gasteiger partial charge on any atom is -0.475 e. The van der Waals surface area contributed by atoms with Crippen LogP contribution in [-0.4, -0.2) is 56.7 Å². The molecular weight excluding hydrogens is 740 g/mol. The number of hydrogen-bond donors (Lipinski definition) is 3. The summed E-state index contributed by atoms with van der Waals surface area (Å²) >= 11 is 12.0. The van der Waals surface area contributed by atoms with E-state index in [-0.39, 0.29) is 0 Å². The average molecular weight is 766 g/mol. The quantitative estimate of drug-likeness (QED) is 0.158. The molecule has 14 nitrogen and oxygen atoms in total. The molecule has 53 heavy (non-hydrogen) atoms. The third kappa shape index (κ3) is 8.37. The van der Waals surface area contributed by atoms with Gasteiger partial charge in [-0.1, -0.05) is 23.2 Å². The molecule has 0 radical (unpaired) electrons. The predicted molar refractivity (Wildman–Crippen MR) is 191 cm³/mol. The number of rotatable bonds is 4. The van der Waals surface area contributed by atoms with Gasteiger partial charge in [0.25, 0.3) is 0 Å². The van der Waals surface area contributed by atoms with E-state index in [4.69, 9.17) is 53.4 Å². The molecule has 8 aromatic rings. The number of anilines is 2. The van der Waals surface area contributed by atoms with Gasteiger partial charge in [-0.15, -0.1) is 0 Å². The molecule has 0 saturated carbocycles. The second-order valence-corrected chi connectivity index (χ2v) is 12.1. The number of nitrogens with two attached hydrogens (primary N) is 2. The van der Waals surface area contributed by atoms with Gasteiger partial charge in [-0.2, -0.15) is 23.4 Å². The van der Waals surface area contributed by atoms with Crippen LogP contribution in [0.1, 0.15) is 0 Å². The topological polar surface area (TPSA) is 203 Å². The molecule has 19 heteroatoms. The predicted octanol–water partition coefficient (Wildman–Crippen LogP) is 7.69. The van der Waals surface area contributed by atoms with E-state index in [1.54, 1.807) is 70.5 Å². The lowest BCUT2D eigenvalue weighted by Gasteiger charge is -2.03. The molecule has 0 aliphatic rings. The maximum Gasteiger partial charge on any atom is 0.490 e. The third-order valence-corrected chi connectivity index (χ3v) is 7.79. The normalized spacial score (nSPS) is 11.2. The fourth-order valence-electron chi connectivity index (χ4n) is 4.78. The lowest BCUT2D eigenvalue weighted by atomic mass is 10.1. The molecule has 0 bridgehead atoms. The van der Waals surface area contributed by atoms with Gasteiger partial charge in [0.2, 0.25) is 11.8 Å². The second kappa shape index (κ2) is 14.6. The van der Waals surface area contributed by atoms with Crippen LogP contribution in [0.15, 0.2) is 94.5 Å². The number of carboxylic acid groups (broad SMARTS) is 1. The molecule has 0 unspecified atom stereocenters. The number of alkyl halides is 3. The molecule has 270 valence electrons. The molecule has 0 saturated heterocycles. The lowest BCUT2D eigenvalue weighted by Crippen LogP contribution is -2.21. The smallest absolute Gasteiger partial charge is 0.475 e. The van der Waals surface area contributed by atoms with Gasteiger partial charge < -0.3 is 25.4 Å². The number of oxazole rings is 2. The van der Waals surface area contributed by atoms with E-state index in [2.05, 4.69) is 30.1 Å². The van der Waals surface area contributed by atoms with Gasteiger partial charge in [-0.05, 0) is 36.4 Å². The van der Waals surface area contributed by atoms with E-state index < -0.39 is 12.1 Å². The summed E-state index contributed by atoms with van der Waals surface area (Å²) in [6.07, 6.45) is 5.67. The molecule has 5 N–H and O–H groups in total. The highest BCUT2D eigenvalue weighted by atomic mass is 35.5. The number of nitrogen functional groups attached to an aromatic ring is 2. The summed E-state index contributed by atoms with van der Waals surface area (Å²) in [6, 6.07) is 14.4. The number of benzene rings is 2. The standard InChI is InChI=1S/2C16H12ClN5O.C2HF3O2/c2*1-22-8-10(7-20-22)9-4-12(15(18)19-6-9)16-21-13-3-2-11(17)5-14(13)23-16;3-2(4,5)1(6)7/h2*2-8H,1H3,(H2,18,19);(H,6,7). The number of aromatic nitrogens is 8. The molecule has 8 rings (SSSR count). The van der Waals surface area contributed by atoms with Gasteiger partial charge in [0, 0.05) is 83.3 Å². The van der Waals surface area contributed by atoms with Crippen LogP contribution in [0, 0.1) is 0 Å². The van der Waals surface area contributed by atoms with Crippen molar-refractivity contribution in [3.63, 3.8) is 0 Å². The Labute approximate surface area is 306 Å². The van der Waals surface area contributed by atoms with E-state index >= 15 is 0 Å². The number of fused-ring (bicyclic) bond motifs is 2. The largest absolute Gasteiger partial charge is 0.490 e. The zero-order valence-corrected chi connectivity index (χ0v) is 28.9. The van der Waals surface area contributed by atoms with Gasteiger partial charge in [-0.3, -0.25) is 9.36 Å². The van der Waals surface area contributed by atoms with Crippen LogP contribution >= 0.6 is 23.2 Å². The molecule has 0 fully saturated rings. The number of aryl methyl sites for hydroxylation is 2. The monoisotopic (exact) mass is 764 g/mol. The number of nitrogens with zero attached hydrogens (tertiary/aromatic N) is 8. The molecule has 2 aromatic carbocycles. The van der Waals surface area contributed by atoms with Crippen LogP contribution in [0.5, 0.6) is 0 Å². The Balaban J connectivity index is 0.000000154. The molecule has 0 spiro atoms. The maximum atomic E-state index is 10.6. The first-order chi connectivity index (χ1) is 25.1. The molecule has 0 amide bonds. The van der Waals surface area contributed by atoms with E-state index in [0.29, 0.717) is 55.8 Å². The van der Waals surface area contributed by atoms with Crippen molar-refractivity contribution in [1.82, 2.24) is 39.5 Å². The van der Waals surface area contributed by atoms with Gasteiger partial charge in [-0.25, -0.2) is 24.7 Å². The van der Waals surface area contributed by atoms with Crippen molar-refractivity contribution in [2.24, 2.45) is 14.1 Å². The Kier molecular flexibility index (Phi) is 10.0. The minimum absolute atomic E-state index is 0.357. The van der Waals surface area contributed by atoms with Gasteiger partial charge >= 0.3 is 12.1 Å². The van der Waals surface area contributed by atoms with Gasteiger partial charge in [0.1, 0.15) is 22.7 Å². The summed E-state index contributed by atoms with van der Waals surface area (Å²) in [6.45, 7) is 0. The number of aliphatic carboxylic acids is 1. The maximum absolute atomic E-state index is 10.6. The Morgan fingerprint density at radius 2 is 1.09 bits per heavy atom. The second-order valence-electron chi connectivity index (χ2n) is 11.2. The number of halogens is 5. The molecule has 6 heterocycles. The van der Waals surface area contributed by atoms with Crippen LogP contribution in [0.2, 0.25) is 10.0 Å². The Morgan fingerprint density at radius 3 is 1.43 bits per heavy atom. The number of pyridine rings is 2. The first-order valence-electron chi connectivity index (χ1n) is 15.1. The third-order valence-electron chi connectivity index (χ3n) is 7.32. The van der Waals surface area contributed by atoms with Crippen molar-refractivity contribution >= 4 is 63.0 Å². The first-order valence-corrected chi connectivity index (χ1v) is 15.8. The van der Waals surface area contributed by atoms with Crippen molar-refractivity contribution in [1.29, 1.82) is 0 Å². The highest BCUT2D eigenvalue weighted by Crippen LogP contribution is 2.33.